The number of carboxylic acids is 1. The molecule has 0 amide bonds. The number of nitrogens with one attached hydrogen (secondary N) is 1. The summed E-state index contributed by atoms with van der Waals surface area (Å²) in [6.07, 6.45) is 0. The van der Waals surface area contributed by atoms with Crippen LogP contribution in [0.15, 0.2) is 46.9 Å². The smallest absolute Gasteiger partial charge is 0.371 e. The maximum atomic E-state index is 10.5. The van der Waals surface area contributed by atoms with Crippen molar-refractivity contribution in [3.63, 3.8) is 0 Å². The topological polar surface area (TPSA) is 62.5 Å². The number of anilines is 2. The molecule has 0 radical (unpaired) electrons. The van der Waals surface area contributed by atoms with Crippen LogP contribution in [0, 0.1) is 0 Å². The molecule has 0 aliphatic rings. The molecule has 1 aromatic heterocycles. The van der Waals surface area contributed by atoms with Crippen LogP contribution in [-0.2, 0) is 0 Å². The zero-order valence-electron chi connectivity index (χ0n) is 7.81. The number of carboxylic acid groups (broad SMARTS) is 1. The lowest BCUT2D eigenvalue weighted by Crippen LogP contribution is -1.92. The van der Waals surface area contributed by atoms with E-state index in [1.807, 2.05) is 30.3 Å². The number of carbonyl (C=O) groups is 1. The van der Waals surface area contributed by atoms with Gasteiger partial charge in [0.15, 0.2) is 5.88 Å². The lowest BCUT2D eigenvalue weighted by atomic mass is 10.3. The van der Waals surface area contributed by atoms with Gasteiger partial charge in [-0.25, -0.2) is 4.79 Å². The summed E-state index contributed by atoms with van der Waals surface area (Å²) in [5, 5.41) is 11.6. The Hall–Kier alpha value is -2.23. The van der Waals surface area contributed by atoms with E-state index in [-0.39, 0.29) is 5.76 Å². The molecule has 76 valence electrons. The summed E-state index contributed by atoms with van der Waals surface area (Å²) >= 11 is 0. The van der Waals surface area contributed by atoms with Crippen molar-refractivity contribution >= 4 is 17.5 Å². The van der Waals surface area contributed by atoms with E-state index in [4.69, 9.17) is 9.52 Å². The Labute approximate surface area is 86.2 Å². The van der Waals surface area contributed by atoms with Gasteiger partial charge in [-0.2, -0.15) is 0 Å². The van der Waals surface area contributed by atoms with Crippen molar-refractivity contribution < 1.29 is 14.3 Å². The molecule has 0 saturated heterocycles. The molecule has 2 aromatic rings. The van der Waals surface area contributed by atoms with Crippen molar-refractivity contribution in [1.29, 1.82) is 0 Å². The normalized spacial score (nSPS) is 9.87. The van der Waals surface area contributed by atoms with Gasteiger partial charge in [0.05, 0.1) is 0 Å². The molecule has 1 heterocycles. The second-order valence-corrected chi connectivity index (χ2v) is 2.96. The van der Waals surface area contributed by atoms with Crippen LogP contribution in [0.2, 0.25) is 0 Å². The van der Waals surface area contributed by atoms with Crippen molar-refractivity contribution in [3.05, 3.63) is 48.2 Å². The van der Waals surface area contributed by atoms with Gasteiger partial charge >= 0.3 is 5.97 Å². The highest BCUT2D eigenvalue weighted by Crippen LogP contribution is 2.18. The van der Waals surface area contributed by atoms with Crippen LogP contribution in [0.25, 0.3) is 0 Å². The standard InChI is InChI=1S/C11H9NO3/c13-11(14)9-6-7-10(15-9)12-8-4-2-1-3-5-8/h1-7,12H,(H,13,14). The second-order valence-electron chi connectivity index (χ2n) is 2.96. The largest absolute Gasteiger partial charge is 0.475 e. The van der Waals surface area contributed by atoms with Crippen LogP contribution in [0.4, 0.5) is 11.6 Å². The molecule has 0 aliphatic carbocycles. The van der Waals surface area contributed by atoms with Gasteiger partial charge in [-0.3, -0.25) is 0 Å². The summed E-state index contributed by atoms with van der Waals surface area (Å²) in [5.41, 5.74) is 0.851. The fourth-order valence-corrected chi connectivity index (χ4v) is 1.18. The average molecular weight is 203 g/mol. The molecular weight excluding hydrogens is 194 g/mol. The third kappa shape index (κ3) is 2.17. The van der Waals surface area contributed by atoms with Crippen molar-refractivity contribution in [2.24, 2.45) is 0 Å². The van der Waals surface area contributed by atoms with Crippen LogP contribution in [0.1, 0.15) is 10.6 Å². The molecule has 0 aliphatic heterocycles. The first-order valence-electron chi connectivity index (χ1n) is 4.41. The number of para-hydroxylation sites is 1. The van der Waals surface area contributed by atoms with Crippen LogP contribution < -0.4 is 5.32 Å². The van der Waals surface area contributed by atoms with E-state index >= 15 is 0 Å². The predicted octanol–water partition coefficient (Wildman–Crippen LogP) is 2.72. The molecule has 4 nitrogen and oxygen atoms in total. The molecule has 0 unspecified atom stereocenters. The van der Waals surface area contributed by atoms with Gasteiger partial charge in [0.25, 0.3) is 0 Å². The van der Waals surface area contributed by atoms with Crippen LogP contribution >= 0.6 is 0 Å². The zero-order valence-corrected chi connectivity index (χ0v) is 7.81. The number of hydrogen-bond donors (Lipinski definition) is 2. The summed E-state index contributed by atoms with van der Waals surface area (Å²) in [6, 6.07) is 12.4. The highest BCUT2D eigenvalue weighted by atomic mass is 16.4. The maximum Gasteiger partial charge on any atom is 0.371 e. The first-order valence-corrected chi connectivity index (χ1v) is 4.41. The minimum atomic E-state index is -1.07. The van der Waals surface area contributed by atoms with Crippen LogP contribution in [0.3, 0.4) is 0 Å². The molecule has 1 aromatic carbocycles. The Morgan fingerprint density at radius 3 is 2.47 bits per heavy atom. The van der Waals surface area contributed by atoms with E-state index < -0.39 is 5.97 Å². The monoisotopic (exact) mass is 203 g/mol. The summed E-state index contributed by atoms with van der Waals surface area (Å²) in [7, 11) is 0. The summed E-state index contributed by atoms with van der Waals surface area (Å²) in [5.74, 6) is -0.733. The third-order valence-electron chi connectivity index (χ3n) is 1.86. The first-order chi connectivity index (χ1) is 7.25. The number of benzene rings is 1. The minimum Gasteiger partial charge on any atom is -0.475 e. The quantitative estimate of drug-likeness (QED) is 0.805. The fraction of sp³-hybridized carbons (Fsp3) is 0. The predicted molar refractivity (Wildman–Crippen MR) is 55.4 cm³/mol. The molecule has 0 spiro atoms. The van der Waals surface area contributed by atoms with Gasteiger partial charge in [-0.05, 0) is 18.2 Å². The summed E-state index contributed by atoms with van der Waals surface area (Å²) in [6.45, 7) is 0. The van der Waals surface area contributed by atoms with Gasteiger partial charge in [0, 0.05) is 11.8 Å². The van der Waals surface area contributed by atoms with Gasteiger partial charge in [0.1, 0.15) is 0 Å². The molecule has 0 fully saturated rings. The number of rotatable bonds is 3. The van der Waals surface area contributed by atoms with E-state index in [0.29, 0.717) is 5.88 Å². The highest BCUT2D eigenvalue weighted by Gasteiger charge is 2.08. The SMILES string of the molecule is O=C(O)c1ccc(Nc2ccccc2)o1. The summed E-state index contributed by atoms with van der Waals surface area (Å²) in [4.78, 5) is 10.5. The van der Waals surface area contributed by atoms with Crippen LogP contribution in [-0.4, -0.2) is 11.1 Å². The first kappa shape index (κ1) is 9.33. The van der Waals surface area contributed by atoms with E-state index in [9.17, 15) is 4.79 Å². The van der Waals surface area contributed by atoms with E-state index in [1.54, 1.807) is 6.07 Å². The second kappa shape index (κ2) is 3.88. The Bertz CT molecular complexity index is 462. The molecule has 2 N–H and O–H groups in total. The highest BCUT2D eigenvalue weighted by molar-refractivity contribution is 5.85. The molecule has 0 saturated carbocycles. The Balaban J connectivity index is 2.15. The van der Waals surface area contributed by atoms with E-state index in [2.05, 4.69) is 5.32 Å². The van der Waals surface area contributed by atoms with Gasteiger partial charge < -0.3 is 14.8 Å². The van der Waals surface area contributed by atoms with Crippen LogP contribution in [0.5, 0.6) is 0 Å². The maximum absolute atomic E-state index is 10.5. The van der Waals surface area contributed by atoms with Crippen molar-refractivity contribution in [2.45, 2.75) is 0 Å². The van der Waals surface area contributed by atoms with E-state index in [1.165, 1.54) is 6.07 Å². The zero-order chi connectivity index (χ0) is 10.7. The third-order valence-corrected chi connectivity index (χ3v) is 1.86. The number of hydrogen-bond acceptors (Lipinski definition) is 3. The molecule has 0 bridgehead atoms. The number of aromatic carboxylic acids is 1. The Kier molecular flexibility index (Phi) is 2.41. The lowest BCUT2D eigenvalue weighted by molar-refractivity contribution is 0.0663. The molecule has 2 rings (SSSR count). The van der Waals surface area contributed by atoms with Gasteiger partial charge in [-0.15, -0.1) is 0 Å². The van der Waals surface area contributed by atoms with Gasteiger partial charge in [-0.1, -0.05) is 18.2 Å². The number of furan rings is 1. The fourth-order valence-electron chi connectivity index (χ4n) is 1.18. The lowest BCUT2D eigenvalue weighted by Gasteiger charge is -2.00. The minimum absolute atomic E-state index is 0.0755. The van der Waals surface area contributed by atoms with Crippen molar-refractivity contribution in [2.75, 3.05) is 5.32 Å². The van der Waals surface area contributed by atoms with Crippen molar-refractivity contribution in [3.8, 4) is 0 Å². The molecular formula is C11H9NO3. The molecule has 4 heteroatoms. The molecule has 15 heavy (non-hydrogen) atoms. The van der Waals surface area contributed by atoms with E-state index in [0.717, 1.165) is 5.69 Å². The average Bonchev–Trinajstić information content (AvgIpc) is 2.68. The molecule has 0 atom stereocenters. The Morgan fingerprint density at radius 2 is 1.87 bits per heavy atom. The summed E-state index contributed by atoms with van der Waals surface area (Å²) < 4.78 is 5.04. The Morgan fingerprint density at radius 1 is 1.13 bits per heavy atom. The van der Waals surface area contributed by atoms with Crippen molar-refractivity contribution in [1.82, 2.24) is 0 Å². The van der Waals surface area contributed by atoms with Gasteiger partial charge in [0.2, 0.25) is 5.76 Å².